The predicted octanol–water partition coefficient (Wildman–Crippen LogP) is 1.38. The lowest BCUT2D eigenvalue weighted by molar-refractivity contribution is -0.138. The van der Waals surface area contributed by atoms with Crippen molar-refractivity contribution in [2.75, 3.05) is 7.11 Å². The number of allylic oxidation sites excluding steroid dienone is 4. The Labute approximate surface area is 106 Å². The third-order valence-corrected chi connectivity index (χ3v) is 2.56. The summed E-state index contributed by atoms with van der Waals surface area (Å²) in [7, 11) is 1.27. The van der Waals surface area contributed by atoms with Crippen molar-refractivity contribution in [3.63, 3.8) is 0 Å². The Morgan fingerprint density at radius 1 is 1.50 bits per heavy atom. The zero-order valence-corrected chi connectivity index (χ0v) is 10.5. The molecule has 1 aliphatic rings. The van der Waals surface area contributed by atoms with E-state index >= 15 is 0 Å². The minimum atomic E-state index is -0.964. The van der Waals surface area contributed by atoms with Gasteiger partial charge in [0.25, 0.3) is 0 Å². The molecule has 0 aromatic carbocycles. The molecule has 0 saturated heterocycles. The highest BCUT2D eigenvalue weighted by Gasteiger charge is 2.22. The highest BCUT2D eigenvalue weighted by molar-refractivity contribution is 5.83. The van der Waals surface area contributed by atoms with Crippen LogP contribution in [0.5, 0.6) is 0 Å². The maximum atomic E-state index is 11.2. The van der Waals surface area contributed by atoms with Crippen LogP contribution in [0.25, 0.3) is 0 Å². The molecular formula is C13H17NO4. The summed E-state index contributed by atoms with van der Waals surface area (Å²) < 4.78 is 4.48. The average molecular weight is 251 g/mol. The Morgan fingerprint density at radius 2 is 2.22 bits per heavy atom. The van der Waals surface area contributed by atoms with Crippen molar-refractivity contribution in [3.8, 4) is 0 Å². The number of methoxy groups -OCH3 is 1. The number of nitrogens with one attached hydrogen (secondary N) is 1. The van der Waals surface area contributed by atoms with Crippen molar-refractivity contribution >= 4 is 11.9 Å². The molecule has 0 aromatic rings. The van der Waals surface area contributed by atoms with Gasteiger partial charge >= 0.3 is 11.9 Å². The molecule has 5 heteroatoms. The third kappa shape index (κ3) is 4.08. The Kier molecular flexibility index (Phi) is 5.17. The molecule has 0 heterocycles. The second-order valence-electron chi connectivity index (χ2n) is 3.96. The normalized spacial score (nSPS) is 16.8. The number of carbonyl (C=O) groups is 2. The molecule has 5 nitrogen and oxygen atoms in total. The van der Waals surface area contributed by atoms with Crippen molar-refractivity contribution in [1.29, 1.82) is 0 Å². The molecule has 1 aliphatic carbocycles. The fourth-order valence-electron chi connectivity index (χ4n) is 1.67. The van der Waals surface area contributed by atoms with E-state index < -0.39 is 18.0 Å². The van der Waals surface area contributed by atoms with E-state index in [1.165, 1.54) is 13.2 Å². The summed E-state index contributed by atoms with van der Waals surface area (Å²) in [5.74, 6) is -1.48. The number of hydrogen-bond acceptors (Lipinski definition) is 4. The van der Waals surface area contributed by atoms with Crippen molar-refractivity contribution in [1.82, 2.24) is 5.32 Å². The third-order valence-electron chi connectivity index (χ3n) is 2.56. The Morgan fingerprint density at radius 3 is 2.72 bits per heavy atom. The lowest BCUT2D eigenvalue weighted by Crippen LogP contribution is -2.37. The minimum Gasteiger partial charge on any atom is -0.479 e. The van der Waals surface area contributed by atoms with Gasteiger partial charge < -0.3 is 15.2 Å². The van der Waals surface area contributed by atoms with Gasteiger partial charge in [0.15, 0.2) is 0 Å². The predicted molar refractivity (Wildman–Crippen MR) is 66.8 cm³/mol. The monoisotopic (exact) mass is 251 g/mol. The molecule has 0 radical (unpaired) electrons. The zero-order chi connectivity index (χ0) is 13.5. The van der Waals surface area contributed by atoms with Gasteiger partial charge in [0, 0.05) is 11.8 Å². The molecule has 0 bridgehead atoms. The first-order valence-corrected chi connectivity index (χ1v) is 5.64. The summed E-state index contributed by atoms with van der Waals surface area (Å²) >= 11 is 0. The highest BCUT2D eigenvalue weighted by Crippen LogP contribution is 2.16. The molecule has 1 atom stereocenters. The fraction of sp³-hybridized carbons (Fsp3) is 0.385. The molecule has 18 heavy (non-hydrogen) atoms. The Hall–Kier alpha value is -2.04. The number of carboxylic acid groups (broad SMARTS) is 1. The fourth-order valence-corrected chi connectivity index (χ4v) is 1.67. The average Bonchev–Trinajstić information content (AvgIpc) is 2.36. The first kappa shape index (κ1) is 14.0. The number of esters is 1. The molecule has 0 fully saturated rings. The number of aliphatic carboxylic acids is 1. The largest absolute Gasteiger partial charge is 0.479 e. The standard InChI is InChI=1S/C13H17NO4/c1-9(8-11(15)18-2)14-12(13(16)17)10-6-4-3-5-7-10/h3-4,7-8,12,14H,5-6H2,1-2H3,(H,16,17)/t12-/m0/s1. The summed E-state index contributed by atoms with van der Waals surface area (Å²) in [6.45, 7) is 1.63. The van der Waals surface area contributed by atoms with E-state index in [4.69, 9.17) is 0 Å². The summed E-state index contributed by atoms with van der Waals surface area (Å²) in [5, 5.41) is 12.0. The van der Waals surface area contributed by atoms with Crippen molar-refractivity contribution in [2.45, 2.75) is 25.8 Å². The number of hydrogen-bond donors (Lipinski definition) is 2. The molecule has 2 N–H and O–H groups in total. The Balaban J connectivity index is 2.75. The molecule has 0 unspecified atom stereocenters. The van der Waals surface area contributed by atoms with E-state index in [9.17, 15) is 14.7 Å². The van der Waals surface area contributed by atoms with Gasteiger partial charge in [-0.1, -0.05) is 18.2 Å². The van der Waals surface area contributed by atoms with Crippen LogP contribution in [0.2, 0.25) is 0 Å². The van der Waals surface area contributed by atoms with Crippen LogP contribution in [-0.2, 0) is 14.3 Å². The zero-order valence-electron chi connectivity index (χ0n) is 10.5. The van der Waals surface area contributed by atoms with Crippen LogP contribution in [-0.4, -0.2) is 30.2 Å². The van der Waals surface area contributed by atoms with E-state index in [1.54, 1.807) is 6.92 Å². The summed E-state index contributed by atoms with van der Waals surface area (Å²) in [5.41, 5.74) is 1.26. The van der Waals surface area contributed by atoms with Gasteiger partial charge in [-0.3, -0.25) is 0 Å². The molecule has 98 valence electrons. The van der Waals surface area contributed by atoms with Gasteiger partial charge in [0.1, 0.15) is 6.04 Å². The van der Waals surface area contributed by atoms with Crippen molar-refractivity contribution in [3.05, 3.63) is 35.6 Å². The van der Waals surface area contributed by atoms with Crippen LogP contribution in [0.1, 0.15) is 19.8 Å². The quantitative estimate of drug-likeness (QED) is 0.438. The molecule has 0 amide bonds. The van der Waals surface area contributed by atoms with Crippen LogP contribution in [0, 0.1) is 0 Å². The first-order chi connectivity index (χ1) is 8.54. The van der Waals surface area contributed by atoms with Crippen molar-refractivity contribution < 1.29 is 19.4 Å². The number of rotatable bonds is 5. The first-order valence-electron chi connectivity index (χ1n) is 5.64. The van der Waals surface area contributed by atoms with Crippen LogP contribution in [0.4, 0.5) is 0 Å². The lowest BCUT2D eigenvalue weighted by atomic mass is 9.98. The topological polar surface area (TPSA) is 75.6 Å². The maximum Gasteiger partial charge on any atom is 0.332 e. The van der Waals surface area contributed by atoms with E-state index in [2.05, 4.69) is 10.1 Å². The van der Waals surface area contributed by atoms with E-state index in [0.29, 0.717) is 12.1 Å². The van der Waals surface area contributed by atoms with Gasteiger partial charge in [-0.05, 0) is 25.3 Å². The van der Waals surface area contributed by atoms with Gasteiger partial charge in [-0.2, -0.15) is 0 Å². The summed E-state index contributed by atoms with van der Waals surface area (Å²) in [6.07, 6.45) is 8.38. The van der Waals surface area contributed by atoms with Crippen LogP contribution in [0.15, 0.2) is 35.6 Å². The van der Waals surface area contributed by atoms with Gasteiger partial charge in [-0.25, -0.2) is 9.59 Å². The van der Waals surface area contributed by atoms with Crippen LogP contribution < -0.4 is 5.32 Å². The second-order valence-corrected chi connectivity index (χ2v) is 3.96. The Bertz CT molecular complexity index is 421. The molecule has 1 rings (SSSR count). The summed E-state index contributed by atoms with van der Waals surface area (Å²) in [4.78, 5) is 22.3. The number of ether oxygens (including phenoxy) is 1. The molecule has 0 saturated carbocycles. The molecule has 0 spiro atoms. The van der Waals surface area contributed by atoms with Crippen molar-refractivity contribution in [2.24, 2.45) is 0 Å². The maximum absolute atomic E-state index is 11.2. The lowest BCUT2D eigenvalue weighted by Gasteiger charge is -2.20. The van der Waals surface area contributed by atoms with Gasteiger partial charge in [0.2, 0.25) is 0 Å². The van der Waals surface area contributed by atoms with E-state index in [-0.39, 0.29) is 0 Å². The van der Waals surface area contributed by atoms with Gasteiger partial charge in [-0.15, -0.1) is 0 Å². The van der Waals surface area contributed by atoms with Gasteiger partial charge in [0.05, 0.1) is 7.11 Å². The van der Waals surface area contributed by atoms with E-state index in [1.807, 2.05) is 18.2 Å². The smallest absolute Gasteiger partial charge is 0.332 e. The molecular weight excluding hydrogens is 234 g/mol. The van der Waals surface area contributed by atoms with E-state index in [0.717, 1.165) is 12.0 Å². The summed E-state index contributed by atoms with van der Waals surface area (Å²) in [6, 6.07) is -0.809. The minimum absolute atomic E-state index is 0.463. The highest BCUT2D eigenvalue weighted by atomic mass is 16.5. The van der Waals surface area contributed by atoms with Crippen LogP contribution >= 0.6 is 0 Å². The molecule has 0 aromatic heterocycles. The number of carbonyl (C=O) groups excluding carboxylic acids is 1. The SMILES string of the molecule is COC(=O)C=C(C)N[C@H](C(=O)O)C1=CCC=CC1. The second kappa shape index (κ2) is 6.64. The van der Waals surface area contributed by atoms with Crippen LogP contribution in [0.3, 0.4) is 0 Å². The number of carboxylic acids is 1. The molecule has 0 aliphatic heterocycles.